The summed E-state index contributed by atoms with van der Waals surface area (Å²) in [6, 6.07) is 0. The second kappa shape index (κ2) is 5.92. The lowest BCUT2D eigenvalue weighted by Crippen LogP contribution is -2.50. The van der Waals surface area contributed by atoms with Crippen molar-refractivity contribution in [3.05, 3.63) is 15.6 Å². The van der Waals surface area contributed by atoms with Crippen LogP contribution in [0.2, 0.25) is 0 Å². The van der Waals surface area contributed by atoms with Crippen molar-refractivity contribution in [3.63, 3.8) is 0 Å². The molecule has 3 heteroatoms. The van der Waals surface area contributed by atoms with Gasteiger partial charge in [0.2, 0.25) is 0 Å². The van der Waals surface area contributed by atoms with Gasteiger partial charge in [-0.15, -0.1) is 11.3 Å². The van der Waals surface area contributed by atoms with Gasteiger partial charge in [-0.1, -0.05) is 33.6 Å². The molecule has 0 aliphatic heterocycles. The van der Waals surface area contributed by atoms with Crippen LogP contribution in [0.15, 0.2) is 0 Å². The molecular formula is C16H28N2S. The van der Waals surface area contributed by atoms with E-state index in [0.717, 1.165) is 6.42 Å². The average Bonchev–Trinajstić information content (AvgIpc) is 2.80. The van der Waals surface area contributed by atoms with Crippen LogP contribution in [-0.4, -0.2) is 12.0 Å². The van der Waals surface area contributed by atoms with Gasteiger partial charge in [-0.2, -0.15) is 0 Å². The number of hydrogen-bond donors (Lipinski definition) is 1. The highest BCUT2D eigenvalue weighted by Gasteiger charge is 2.44. The molecule has 0 radical (unpaired) electrons. The van der Waals surface area contributed by atoms with Gasteiger partial charge in [-0.3, -0.25) is 0 Å². The van der Waals surface area contributed by atoms with Gasteiger partial charge in [-0.05, 0) is 45.1 Å². The molecule has 1 heterocycles. The number of aryl methyl sites for hydroxylation is 2. The lowest BCUT2D eigenvalue weighted by Gasteiger charge is -2.45. The van der Waals surface area contributed by atoms with Gasteiger partial charge in [0, 0.05) is 4.88 Å². The fourth-order valence-electron chi connectivity index (χ4n) is 3.73. The fraction of sp³-hybridized carbons (Fsp3) is 0.812. The minimum atomic E-state index is 0.120. The second-order valence-corrected chi connectivity index (χ2v) is 7.40. The molecule has 2 nitrogen and oxygen atoms in total. The number of aromatic nitrogens is 1. The Labute approximate surface area is 122 Å². The number of nitrogens with zero attached hydrogens (tertiary/aromatic N) is 1. The SMILES string of the molecule is CCc1nc(C2(NC)CCCCC2C(C)C)sc1C. The summed E-state index contributed by atoms with van der Waals surface area (Å²) in [7, 11) is 2.13. The van der Waals surface area contributed by atoms with Crippen molar-refractivity contribution in [2.24, 2.45) is 11.8 Å². The van der Waals surface area contributed by atoms with Gasteiger partial charge >= 0.3 is 0 Å². The third-order valence-corrected chi connectivity index (χ3v) is 6.02. The zero-order chi connectivity index (χ0) is 14.0. The summed E-state index contributed by atoms with van der Waals surface area (Å²) in [6.45, 7) is 9.15. The molecule has 1 fully saturated rings. The van der Waals surface area contributed by atoms with Crippen molar-refractivity contribution in [3.8, 4) is 0 Å². The summed E-state index contributed by atoms with van der Waals surface area (Å²) < 4.78 is 0. The largest absolute Gasteiger partial charge is 0.308 e. The third kappa shape index (κ3) is 2.59. The van der Waals surface area contributed by atoms with Gasteiger partial charge in [-0.25, -0.2) is 4.98 Å². The molecule has 0 saturated heterocycles. The summed E-state index contributed by atoms with van der Waals surface area (Å²) >= 11 is 1.92. The predicted octanol–water partition coefficient (Wildman–Crippen LogP) is 4.27. The van der Waals surface area contributed by atoms with E-state index in [-0.39, 0.29) is 5.54 Å². The van der Waals surface area contributed by atoms with E-state index < -0.39 is 0 Å². The van der Waals surface area contributed by atoms with E-state index in [1.54, 1.807) is 0 Å². The maximum absolute atomic E-state index is 4.98. The van der Waals surface area contributed by atoms with Crippen LogP contribution >= 0.6 is 11.3 Å². The van der Waals surface area contributed by atoms with Crippen LogP contribution in [0.4, 0.5) is 0 Å². The number of hydrogen-bond acceptors (Lipinski definition) is 3. The Balaban J connectivity index is 2.43. The fourth-order valence-corrected chi connectivity index (χ4v) is 5.02. The summed E-state index contributed by atoms with van der Waals surface area (Å²) in [6.07, 6.45) is 6.32. The zero-order valence-electron chi connectivity index (χ0n) is 13.0. The Morgan fingerprint density at radius 2 is 2.16 bits per heavy atom. The van der Waals surface area contributed by atoms with Crippen molar-refractivity contribution in [2.75, 3.05) is 7.05 Å². The standard InChI is InChI=1S/C16H28N2S/c1-6-14-12(4)19-15(18-14)16(17-5)10-8-7-9-13(16)11(2)3/h11,13,17H,6-10H2,1-5H3. The van der Waals surface area contributed by atoms with Crippen LogP contribution in [0.1, 0.15) is 62.0 Å². The highest BCUT2D eigenvalue weighted by atomic mass is 32.1. The van der Waals surface area contributed by atoms with E-state index in [2.05, 4.69) is 40.1 Å². The number of rotatable bonds is 4. The summed E-state index contributed by atoms with van der Waals surface area (Å²) in [5.74, 6) is 1.42. The molecule has 2 rings (SSSR count). The van der Waals surface area contributed by atoms with Crippen molar-refractivity contribution in [1.29, 1.82) is 0 Å². The molecule has 2 unspecified atom stereocenters. The van der Waals surface area contributed by atoms with Crippen LogP contribution in [0.3, 0.4) is 0 Å². The lowest BCUT2D eigenvalue weighted by atomic mass is 9.68. The lowest BCUT2D eigenvalue weighted by molar-refractivity contribution is 0.108. The normalized spacial score (nSPS) is 28.0. The first kappa shape index (κ1) is 15.0. The van der Waals surface area contributed by atoms with E-state index in [1.807, 2.05) is 11.3 Å². The van der Waals surface area contributed by atoms with Crippen LogP contribution in [-0.2, 0) is 12.0 Å². The average molecular weight is 280 g/mol. The Hall–Kier alpha value is -0.410. The molecule has 2 atom stereocenters. The van der Waals surface area contributed by atoms with Crippen molar-refractivity contribution < 1.29 is 0 Å². The van der Waals surface area contributed by atoms with E-state index in [1.165, 1.54) is 41.3 Å². The van der Waals surface area contributed by atoms with E-state index >= 15 is 0 Å². The van der Waals surface area contributed by atoms with Gasteiger partial charge in [0.25, 0.3) is 0 Å². The molecule has 1 aromatic rings. The van der Waals surface area contributed by atoms with E-state index in [0.29, 0.717) is 11.8 Å². The van der Waals surface area contributed by atoms with Gasteiger partial charge in [0.1, 0.15) is 5.01 Å². The highest BCUT2D eigenvalue weighted by Crippen LogP contribution is 2.46. The monoisotopic (exact) mass is 280 g/mol. The Morgan fingerprint density at radius 1 is 1.42 bits per heavy atom. The molecule has 1 saturated carbocycles. The smallest absolute Gasteiger partial charge is 0.114 e. The van der Waals surface area contributed by atoms with Crippen molar-refractivity contribution in [1.82, 2.24) is 10.3 Å². The first-order valence-corrected chi connectivity index (χ1v) is 8.52. The third-order valence-electron chi connectivity index (χ3n) is 4.83. The number of nitrogens with one attached hydrogen (secondary N) is 1. The minimum absolute atomic E-state index is 0.120. The topological polar surface area (TPSA) is 24.9 Å². The maximum Gasteiger partial charge on any atom is 0.114 e. The van der Waals surface area contributed by atoms with E-state index in [4.69, 9.17) is 4.98 Å². The minimum Gasteiger partial charge on any atom is -0.308 e. The molecule has 0 aromatic carbocycles. The summed E-state index contributed by atoms with van der Waals surface area (Å²) in [4.78, 5) is 6.39. The van der Waals surface area contributed by atoms with E-state index in [9.17, 15) is 0 Å². The quantitative estimate of drug-likeness (QED) is 0.890. The van der Waals surface area contributed by atoms with Gasteiger partial charge in [0.05, 0.1) is 11.2 Å². The van der Waals surface area contributed by atoms with Crippen LogP contribution in [0.25, 0.3) is 0 Å². The molecule has 1 aliphatic rings. The Morgan fingerprint density at radius 3 is 2.68 bits per heavy atom. The number of thiazole rings is 1. The van der Waals surface area contributed by atoms with Crippen LogP contribution in [0.5, 0.6) is 0 Å². The maximum atomic E-state index is 4.98. The summed E-state index contributed by atoms with van der Waals surface area (Å²) in [5.41, 5.74) is 1.41. The molecule has 19 heavy (non-hydrogen) atoms. The molecule has 1 aliphatic carbocycles. The summed E-state index contributed by atoms with van der Waals surface area (Å²) in [5, 5.41) is 5.01. The molecule has 0 amide bonds. The molecule has 0 bridgehead atoms. The Kier molecular flexibility index (Phi) is 4.67. The first-order valence-electron chi connectivity index (χ1n) is 7.70. The molecule has 1 N–H and O–H groups in total. The van der Waals surface area contributed by atoms with Gasteiger partial charge in [0.15, 0.2) is 0 Å². The second-order valence-electron chi connectivity index (χ2n) is 6.19. The zero-order valence-corrected chi connectivity index (χ0v) is 13.9. The van der Waals surface area contributed by atoms with Crippen molar-refractivity contribution >= 4 is 11.3 Å². The van der Waals surface area contributed by atoms with Crippen LogP contribution in [0, 0.1) is 18.8 Å². The first-order chi connectivity index (χ1) is 9.05. The predicted molar refractivity (Wildman–Crippen MR) is 83.8 cm³/mol. The molecular weight excluding hydrogens is 252 g/mol. The van der Waals surface area contributed by atoms with Gasteiger partial charge < -0.3 is 5.32 Å². The van der Waals surface area contributed by atoms with Crippen LogP contribution < -0.4 is 5.32 Å². The highest BCUT2D eigenvalue weighted by molar-refractivity contribution is 7.11. The van der Waals surface area contributed by atoms with Crippen molar-refractivity contribution in [2.45, 2.75) is 65.3 Å². The molecule has 0 spiro atoms. The molecule has 108 valence electrons. The molecule has 1 aromatic heterocycles. The Bertz CT molecular complexity index is 424.